The zero-order valence-corrected chi connectivity index (χ0v) is 10.4. The lowest BCUT2D eigenvalue weighted by Gasteiger charge is -2.09. The molecule has 3 nitrogen and oxygen atoms in total. The van der Waals surface area contributed by atoms with Gasteiger partial charge in [0.15, 0.2) is 0 Å². The molecule has 1 aromatic carbocycles. The lowest BCUT2D eigenvalue weighted by molar-refractivity contribution is -0.137. The van der Waals surface area contributed by atoms with Gasteiger partial charge in [-0.3, -0.25) is 4.68 Å². The second-order valence-electron chi connectivity index (χ2n) is 4.32. The van der Waals surface area contributed by atoms with E-state index in [2.05, 4.69) is 10.4 Å². The van der Waals surface area contributed by atoms with Crippen LogP contribution in [-0.4, -0.2) is 9.78 Å². The number of aromatic nitrogens is 2. The number of alkyl halides is 3. The highest BCUT2D eigenvalue weighted by atomic mass is 19.4. The summed E-state index contributed by atoms with van der Waals surface area (Å²) in [6.07, 6.45) is -0.711. The Balaban J connectivity index is 1.93. The molecule has 0 aliphatic carbocycles. The Kier molecular flexibility index (Phi) is 3.90. The lowest BCUT2D eigenvalue weighted by Crippen LogP contribution is -2.13. The van der Waals surface area contributed by atoms with E-state index in [1.165, 1.54) is 6.07 Å². The van der Waals surface area contributed by atoms with Crippen LogP contribution in [0.3, 0.4) is 0 Å². The number of hydrogen-bond donors (Lipinski definition) is 1. The van der Waals surface area contributed by atoms with Crippen molar-refractivity contribution in [2.24, 2.45) is 7.05 Å². The van der Waals surface area contributed by atoms with Gasteiger partial charge in [0.05, 0.1) is 11.8 Å². The monoisotopic (exact) mass is 269 g/mol. The van der Waals surface area contributed by atoms with E-state index >= 15 is 0 Å². The molecule has 1 N–H and O–H groups in total. The van der Waals surface area contributed by atoms with E-state index < -0.39 is 11.7 Å². The largest absolute Gasteiger partial charge is 0.416 e. The average Bonchev–Trinajstić information content (AvgIpc) is 2.74. The molecule has 0 fully saturated rings. The van der Waals surface area contributed by atoms with Crippen molar-refractivity contribution in [2.45, 2.75) is 19.3 Å². The molecule has 0 saturated heterocycles. The van der Waals surface area contributed by atoms with Crippen LogP contribution in [0.2, 0.25) is 0 Å². The molecular weight excluding hydrogens is 255 g/mol. The van der Waals surface area contributed by atoms with Crippen LogP contribution < -0.4 is 5.32 Å². The van der Waals surface area contributed by atoms with Crippen LogP contribution in [0.1, 0.15) is 16.7 Å². The van der Waals surface area contributed by atoms with Crippen LogP contribution in [0.25, 0.3) is 0 Å². The van der Waals surface area contributed by atoms with Gasteiger partial charge in [-0.2, -0.15) is 18.3 Å². The maximum atomic E-state index is 12.5. The van der Waals surface area contributed by atoms with Crippen LogP contribution in [0, 0.1) is 0 Å². The van der Waals surface area contributed by atoms with Crippen molar-refractivity contribution in [3.63, 3.8) is 0 Å². The van der Waals surface area contributed by atoms with Crippen molar-refractivity contribution in [1.82, 2.24) is 15.1 Å². The Morgan fingerprint density at radius 1 is 1.21 bits per heavy atom. The minimum absolute atomic E-state index is 0.388. The fourth-order valence-corrected chi connectivity index (χ4v) is 1.77. The molecule has 0 atom stereocenters. The van der Waals surface area contributed by atoms with Crippen molar-refractivity contribution in [1.29, 1.82) is 0 Å². The van der Waals surface area contributed by atoms with Gasteiger partial charge in [0.2, 0.25) is 0 Å². The third-order valence-electron chi connectivity index (χ3n) is 2.67. The minimum atomic E-state index is -4.29. The predicted octanol–water partition coefficient (Wildman–Crippen LogP) is 2.73. The molecular formula is C13H14F3N3. The highest BCUT2D eigenvalue weighted by Crippen LogP contribution is 2.29. The Morgan fingerprint density at radius 2 is 1.95 bits per heavy atom. The molecule has 0 aliphatic heterocycles. The molecule has 0 bridgehead atoms. The molecule has 19 heavy (non-hydrogen) atoms. The predicted molar refractivity (Wildman–Crippen MR) is 65.2 cm³/mol. The van der Waals surface area contributed by atoms with Crippen LogP contribution in [0.4, 0.5) is 13.2 Å². The maximum absolute atomic E-state index is 12.5. The molecule has 2 aromatic rings. The van der Waals surface area contributed by atoms with Gasteiger partial charge >= 0.3 is 6.18 Å². The Labute approximate surface area is 109 Å². The summed E-state index contributed by atoms with van der Waals surface area (Å²) in [6.45, 7) is 0.961. The van der Waals surface area contributed by atoms with E-state index in [1.54, 1.807) is 16.9 Å². The smallest absolute Gasteiger partial charge is 0.309 e. The van der Waals surface area contributed by atoms with Crippen molar-refractivity contribution in [3.8, 4) is 0 Å². The Morgan fingerprint density at radius 3 is 2.58 bits per heavy atom. The van der Waals surface area contributed by atoms with E-state index in [4.69, 9.17) is 0 Å². The number of hydrogen-bond acceptors (Lipinski definition) is 2. The van der Waals surface area contributed by atoms with E-state index in [9.17, 15) is 13.2 Å². The molecule has 0 spiro atoms. The Hall–Kier alpha value is -1.82. The molecule has 0 amide bonds. The standard InChI is InChI=1S/C13H14F3N3/c1-19-9-11(8-18-19)7-17-6-10-3-2-4-12(5-10)13(14,15)16/h2-5,8-9,17H,6-7H2,1H3. The van der Waals surface area contributed by atoms with E-state index in [0.29, 0.717) is 18.7 Å². The summed E-state index contributed by atoms with van der Waals surface area (Å²) in [5.74, 6) is 0. The van der Waals surface area contributed by atoms with Gasteiger partial charge in [0, 0.05) is 31.9 Å². The maximum Gasteiger partial charge on any atom is 0.416 e. The normalized spacial score (nSPS) is 11.8. The highest BCUT2D eigenvalue weighted by molar-refractivity contribution is 5.25. The topological polar surface area (TPSA) is 29.9 Å². The molecule has 6 heteroatoms. The quantitative estimate of drug-likeness (QED) is 0.925. The fourth-order valence-electron chi connectivity index (χ4n) is 1.77. The molecule has 102 valence electrons. The molecule has 1 heterocycles. The van der Waals surface area contributed by atoms with Crippen LogP contribution in [0.15, 0.2) is 36.7 Å². The first-order valence-corrected chi connectivity index (χ1v) is 5.79. The van der Waals surface area contributed by atoms with Gasteiger partial charge in [0.1, 0.15) is 0 Å². The van der Waals surface area contributed by atoms with Gasteiger partial charge < -0.3 is 5.32 Å². The molecule has 0 radical (unpaired) electrons. The highest BCUT2D eigenvalue weighted by Gasteiger charge is 2.30. The van der Waals surface area contributed by atoms with E-state index in [1.807, 2.05) is 13.2 Å². The SMILES string of the molecule is Cn1cc(CNCc2cccc(C(F)(F)F)c2)cn1. The van der Waals surface area contributed by atoms with Crippen LogP contribution >= 0.6 is 0 Å². The lowest BCUT2D eigenvalue weighted by atomic mass is 10.1. The first-order valence-electron chi connectivity index (χ1n) is 5.79. The van der Waals surface area contributed by atoms with Crippen molar-refractivity contribution >= 4 is 0 Å². The summed E-state index contributed by atoms with van der Waals surface area (Å²) in [4.78, 5) is 0. The van der Waals surface area contributed by atoms with Crippen LogP contribution in [-0.2, 0) is 26.3 Å². The molecule has 0 saturated carbocycles. The molecule has 0 aliphatic rings. The summed E-state index contributed by atoms with van der Waals surface area (Å²) >= 11 is 0. The number of nitrogens with zero attached hydrogens (tertiary/aromatic N) is 2. The van der Waals surface area contributed by atoms with Gasteiger partial charge in [-0.1, -0.05) is 18.2 Å². The summed E-state index contributed by atoms with van der Waals surface area (Å²) in [5.41, 5.74) is 0.987. The van der Waals surface area contributed by atoms with Gasteiger partial charge in [-0.15, -0.1) is 0 Å². The first kappa shape index (κ1) is 13.6. The summed E-state index contributed by atoms with van der Waals surface area (Å²) in [6, 6.07) is 5.33. The van der Waals surface area contributed by atoms with E-state index in [0.717, 1.165) is 17.7 Å². The summed E-state index contributed by atoms with van der Waals surface area (Å²) in [7, 11) is 1.82. The minimum Gasteiger partial charge on any atom is -0.309 e. The molecule has 0 unspecified atom stereocenters. The van der Waals surface area contributed by atoms with Gasteiger partial charge in [-0.25, -0.2) is 0 Å². The molecule has 1 aromatic heterocycles. The zero-order chi connectivity index (χ0) is 13.9. The fraction of sp³-hybridized carbons (Fsp3) is 0.308. The van der Waals surface area contributed by atoms with Gasteiger partial charge in [-0.05, 0) is 11.6 Å². The zero-order valence-electron chi connectivity index (χ0n) is 10.4. The second kappa shape index (κ2) is 5.44. The summed E-state index contributed by atoms with van der Waals surface area (Å²) < 4.78 is 39.3. The number of rotatable bonds is 4. The average molecular weight is 269 g/mol. The second-order valence-corrected chi connectivity index (χ2v) is 4.32. The third kappa shape index (κ3) is 3.82. The van der Waals surface area contributed by atoms with Crippen molar-refractivity contribution in [2.75, 3.05) is 0 Å². The Bertz CT molecular complexity index is 546. The number of benzene rings is 1. The van der Waals surface area contributed by atoms with E-state index in [-0.39, 0.29) is 0 Å². The summed E-state index contributed by atoms with van der Waals surface area (Å²) in [5, 5.41) is 7.11. The van der Waals surface area contributed by atoms with Crippen molar-refractivity contribution in [3.05, 3.63) is 53.3 Å². The van der Waals surface area contributed by atoms with Gasteiger partial charge in [0.25, 0.3) is 0 Å². The van der Waals surface area contributed by atoms with Crippen LogP contribution in [0.5, 0.6) is 0 Å². The third-order valence-corrected chi connectivity index (χ3v) is 2.67. The first-order chi connectivity index (χ1) is 8.95. The van der Waals surface area contributed by atoms with Crippen molar-refractivity contribution < 1.29 is 13.2 Å². The molecule has 2 rings (SSSR count). The number of halogens is 3. The number of nitrogens with one attached hydrogen (secondary N) is 1. The number of aryl methyl sites for hydroxylation is 1.